The van der Waals surface area contributed by atoms with Crippen LogP contribution in [0.15, 0.2) is 79.0 Å². The predicted octanol–water partition coefficient (Wildman–Crippen LogP) is 6.07. The fourth-order valence-corrected chi connectivity index (χ4v) is 4.03. The van der Waals surface area contributed by atoms with Crippen LogP contribution >= 0.6 is 0 Å². The summed E-state index contributed by atoms with van der Waals surface area (Å²) in [6.45, 7) is 0.00784. The maximum absolute atomic E-state index is 15.3. The third kappa shape index (κ3) is 5.63. The van der Waals surface area contributed by atoms with Crippen LogP contribution in [-0.2, 0) is 6.18 Å². The van der Waals surface area contributed by atoms with E-state index in [1.807, 2.05) is 6.07 Å². The number of carbonyl (C=O) groups is 1. The molecule has 3 heterocycles. The number of fused-ring (bicyclic) bond motifs is 1. The lowest BCUT2D eigenvalue weighted by Crippen LogP contribution is -2.37. The second kappa shape index (κ2) is 9.68. The Morgan fingerprint density at radius 1 is 1.00 bits per heavy atom. The number of para-hydroxylation sites is 1. The molecule has 10 heteroatoms. The minimum absolute atomic E-state index is 0.00657. The van der Waals surface area contributed by atoms with Crippen LogP contribution in [0.5, 0.6) is 17.4 Å². The second-order valence-corrected chi connectivity index (χ2v) is 8.77. The smallest absolute Gasteiger partial charge is 0.417 e. The average Bonchev–Trinajstić information content (AvgIpc) is 3.29. The van der Waals surface area contributed by atoms with Crippen molar-refractivity contribution in [3.8, 4) is 17.4 Å². The number of amides is 1. The normalized spacial score (nSPS) is 17.7. The van der Waals surface area contributed by atoms with Crippen molar-refractivity contribution in [1.82, 2.24) is 14.9 Å². The monoisotopic (exact) mass is 511 g/mol. The van der Waals surface area contributed by atoms with Crippen molar-refractivity contribution in [2.24, 2.45) is 0 Å². The van der Waals surface area contributed by atoms with Gasteiger partial charge in [-0.15, -0.1) is 0 Å². The van der Waals surface area contributed by atoms with E-state index in [9.17, 15) is 18.0 Å². The van der Waals surface area contributed by atoms with Crippen molar-refractivity contribution in [3.63, 3.8) is 0 Å². The van der Waals surface area contributed by atoms with E-state index in [-0.39, 0.29) is 43.6 Å². The molecule has 5 rings (SSSR count). The first-order valence-electron chi connectivity index (χ1n) is 11.5. The van der Waals surface area contributed by atoms with Crippen LogP contribution < -0.4 is 9.47 Å². The molecule has 1 fully saturated rings. The number of benzene rings is 2. The van der Waals surface area contributed by atoms with Gasteiger partial charge in [-0.3, -0.25) is 4.79 Å². The Morgan fingerprint density at radius 2 is 1.81 bits per heavy atom. The highest BCUT2D eigenvalue weighted by molar-refractivity contribution is 5.95. The summed E-state index contributed by atoms with van der Waals surface area (Å²) in [6, 6.07) is 19.0. The van der Waals surface area contributed by atoms with Crippen LogP contribution in [0.3, 0.4) is 0 Å². The molecular formula is C27H21F4N3O3. The molecule has 0 spiro atoms. The highest BCUT2D eigenvalue weighted by atomic mass is 19.4. The predicted molar refractivity (Wildman–Crippen MR) is 127 cm³/mol. The Morgan fingerprint density at radius 3 is 2.54 bits per heavy atom. The maximum atomic E-state index is 15.3. The fourth-order valence-electron chi connectivity index (χ4n) is 4.03. The number of rotatable bonds is 6. The minimum Gasteiger partial charge on any atom is -0.490 e. The van der Waals surface area contributed by atoms with Crippen LogP contribution in [-0.4, -0.2) is 46.1 Å². The first kappa shape index (κ1) is 24.5. The molecule has 4 aromatic rings. The molecule has 1 aliphatic rings. The summed E-state index contributed by atoms with van der Waals surface area (Å²) in [5, 5.41) is 0.651. The lowest BCUT2D eigenvalue weighted by atomic mass is 10.1. The van der Waals surface area contributed by atoms with Gasteiger partial charge in [-0.05, 0) is 42.5 Å². The van der Waals surface area contributed by atoms with Crippen molar-refractivity contribution in [2.45, 2.75) is 18.3 Å². The number of carbonyl (C=O) groups excluding carboxylic acids is 1. The lowest BCUT2D eigenvalue weighted by Gasteiger charge is -2.21. The lowest BCUT2D eigenvalue weighted by molar-refractivity contribution is -0.137. The van der Waals surface area contributed by atoms with E-state index in [1.54, 1.807) is 54.6 Å². The Labute approximate surface area is 209 Å². The van der Waals surface area contributed by atoms with E-state index in [4.69, 9.17) is 9.47 Å². The topological polar surface area (TPSA) is 64.5 Å². The van der Waals surface area contributed by atoms with Crippen LogP contribution in [0.4, 0.5) is 17.6 Å². The third-order valence-corrected chi connectivity index (χ3v) is 6.00. The van der Waals surface area contributed by atoms with E-state index in [1.165, 1.54) is 4.90 Å². The average molecular weight is 511 g/mol. The van der Waals surface area contributed by atoms with Crippen LogP contribution in [0.1, 0.15) is 22.5 Å². The maximum Gasteiger partial charge on any atom is 0.417 e. The Hall–Kier alpha value is -4.21. The van der Waals surface area contributed by atoms with Gasteiger partial charge in [0.25, 0.3) is 5.91 Å². The van der Waals surface area contributed by atoms with Crippen molar-refractivity contribution in [1.29, 1.82) is 0 Å². The number of ether oxygens (including phenoxy) is 2. The molecule has 0 saturated carbocycles. The van der Waals surface area contributed by atoms with E-state index in [0.717, 1.165) is 12.1 Å². The van der Waals surface area contributed by atoms with Crippen molar-refractivity contribution < 1.29 is 31.8 Å². The van der Waals surface area contributed by atoms with Gasteiger partial charge in [-0.2, -0.15) is 13.2 Å². The number of hydrogen-bond acceptors (Lipinski definition) is 5. The molecule has 2 aromatic heterocycles. The second-order valence-electron chi connectivity index (χ2n) is 8.77. The molecule has 0 radical (unpaired) electrons. The SMILES string of the molecule is O=C(c1ccc2cc(Oc3ccc(C(F)(F)F)cn3)ccc2n1)N1CCC(F)(COc2ccccc2)C1. The molecule has 0 bridgehead atoms. The Balaban J connectivity index is 1.24. The summed E-state index contributed by atoms with van der Waals surface area (Å²) in [4.78, 5) is 22.5. The fraction of sp³-hybridized carbons (Fsp3) is 0.222. The summed E-state index contributed by atoms with van der Waals surface area (Å²) < 4.78 is 64.5. The third-order valence-electron chi connectivity index (χ3n) is 6.00. The van der Waals surface area contributed by atoms with Crippen molar-refractivity contribution in [2.75, 3.05) is 19.7 Å². The van der Waals surface area contributed by atoms with Crippen molar-refractivity contribution in [3.05, 3.63) is 90.3 Å². The molecule has 1 saturated heterocycles. The Bertz CT molecular complexity index is 1410. The molecule has 1 amide bonds. The zero-order chi connectivity index (χ0) is 26.0. The van der Waals surface area contributed by atoms with Gasteiger partial charge in [0.05, 0.1) is 17.6 Å². The number of halogens is 4. The van der Waals surface area contributed by atoms with Gasteiger partial charge in [0.15, 0.2) is 5.67 Å². The van der Waals surface area contributed by atoms with Gasteiger partial charge in [0, 0.05) is 30.6 Å². The highest BCUT2D eigenvalue weighted by Gasteiger charge is 2.41. The number of aromatic nitrogens is 2. The quantitative estimate of drug-likeness (QED) is 0.294. The van der Waals surface area contributed by atoms with Gasteiger partial charge in [0.2, 0.25) is 5.88 Å². The summed E-state index contributed by atoms with van der Waals surface area (Å²) in [5.74, 6) is 0.543. The zero-order valence-corrected chi connectivity index (χ0v) is 19.4. The van der Waals surface area contributed by atoms with E-state index >= 15 is 4.39 Å². The number of nitrogens with zero attached hydrogens (tertiary/aromatic N) is 3. The highest BCUT2D eigenvalue weighted by Crippen LogP contribution is 2.31. The minimum atomic E-state index is -4.48. The molecular weight excluding hydrogens is 490 g/mol. The summed E-state index contributed by atoms with van der Waals surface area (Å²) >= 11 is 0. The van der Waals surface area contributed by atoms with Crippen LogP contribution in [0.25, 0.3) is 10.9 Å². The first-order valence-corrected chi connectivity index (χ1v) is 11.5. The number of pyridine rings is 2. The van der Waals surface area contributed by atoms with Crippen LogP contribution in [0, 0.1) is 0 Å². The Kier molecular flexibility index (Phi) is 6.41. The molecule has 1 aliphatic heterocycles. The molecule has 190 valence electrons. The largest absolute Gasteiger partial charge is 0.490 e. The standard InChI is InChI=1S/C27H21F4N3O3/c28-26(17-36-20-4-2-1-3-5-20)12-13-34(16-26)25(35)23-9-6-18-14-21(8-10-22(18)33-23)37-24-11-7-19(15-32-24)27(29,30)31/h1-11,14-15H,12-13,16-17H2. The van der Waals surface area contributed by atoms with Crippen LogP contribution in [0.2, 0.25) is 0 Å². The molecule has 6 nitrogen and oxygen atoms in total. The summed E-state index contributed by atoms with van der Waals surface area (Å²) in [5.41, 5.74) is -1.83. The summed E-state index contributed by atoms with van der Waals surface area (Å²) in [6.07, 6.45) is -3.61. The van der Waals surface area contributed by atoms with Gasteiger partial charge in [-0.25, -0.2) is 14.4 Å². The first-order chi connectivity index (χ1) is 17.7. The molecule has 0 aliphatic carbocycles. The number of alkyl halides is 4. The van der Waals surface area contributed by atoms with Gasteiger partial charge >= 0.3 is 6.18 Å². The summed E-state index contributed by atoms with van der Waals surface area (Å²) in [7, 11) is 0. The number of hydrogen-bond donors (Lipinski definition) is 0. The van der Waals surface area contributed by atoms with Gasteiger partial charge in [0.1, 0.15) is 23.8 Å². The molecule has 1 atom stereocenters. The van der Waals surface area contributed by atoms with E-state index in [2.05, 4.69) is 9.97 Å². The number of likely N-dealkylation sites (tertiary alicyclic amines) is 1. The van der Waals surface area contributed by atoms with Gasteiger partial charge in [-0.1, -0.05) is 24.3 Å². The van der Waals surface area contributed by atoms with Crippen molar-refractivity contribution >= 4 is 16.8 Å². The van der Waals surface area contributed by atoms with Gasteiger partial charge < -0.3 is 14.4 Å². The van der Waals surface area contributed by atoms with E-state index < -0.39 is 17.4 Å². The molecule has 1 unspecified atom stereocenters. The van der Waals surface area contributed by atoms with E-state index in [0.29, 0.717) is 28.6 Å². The molecule has 37 heavy (non-hydrogen) atoms. The molecule has 0 N–H and O–H groups in total. The molecule has 2 aromatic carbocycles. The zero-order valence-electron chi connectivity index (χ0n) is 19.4.